The van der Waals surface area contributed by atoms with Crippen molar-refractivity contribution in [2.75, 3.05) is 0 Å². The Hall–Kier alpha value is -0.870. The fourth-order valence-corrected chi connectivity index (χ4v) is 2.62. The molecule has 1 aromatic carbocycles. The third-order valence-electron chi connectivity index (χ3n) is 3.23. The van der Waals surface area contributed by atoms with Gasteiger partial charge in [-0.1, -0.05) is 28.1 Å². The maximum Gasteiger partial charge on any atom is 0.164 e. The van der Waals surface area contributed by atoms with E-state index in [-0.39, 0.29) is 0 Å². The van der Waals surface area contributed by atoms with Crippen LogP contribution < -0.4 is 0 Å². The highest BCUT2D eigenvalue weighted by Gasteiger charge is 2.29. The van der Waals surface area contributed by atoms with E-state index in [2.05, 4.69) is 55.8 Å². The second-order valence-electron chi connectivity index (χ2n) is 4.64. The molecule has 0 radical (unpaired) electrons. The van der Waals surface area contributed by atoms with Crippen LogP contribution in [0.2, 0.25) is 0 Å². The number of hydrogen-bond acceptors (Lipinski definition) is 2. The van der Waals surface area contributed by atoms with Gasteiger partial charge in [0.1, 0.15) is 5.82 Å². The minimum Gasteiger partial charge on any atom is -0.307 e. The van der Waals surface area contributed by atoms with Gasteiger partial charge >= 0.3 is 0 Å². The maximum absolute atomic E-state index is 5.93. The van der Waals surface area contributed by atoms with Crippen molar-refractivity contribution in [2.24, 2.45) is 0 Å². The Morgan fingerprint density at radius 3 is 2.78 bits per heavy atom. The molecule has 1 aliphatic rings. The second kappa shape index (κ2) is 4.67. The van der Waals surface area contributed by atoms with Crippen molar-refractivity contribution < 1.29 is 0 Å². The summed E-state index contributed by atoms with van der Waals surface area (Å²) in [5, 5.41) is 8.49. The first kappa shape index (κ1) is 12.2. The summed E-state index contributed by atoms with van der Waals surface area (Å²) in [6.07, 6.45) is 2.39. The number of aryl methyl sites for hydroxylation is 1. The summed E-state index contributed by atoms with van der Waals surface area (Å²) in [5.74, 6) is 2.20. The van der Waals surface area contributed by atoms with Crippen molar-refractivity contribution in [3.05, 3.63) is 34.1 Å². The van der Waals surface area contributed by atoms with Crippen molar-refractivity contribution >= 4 is 27.5 Å². The zero-order valence-corrected chi connectivity index (χ0v) is 12.4. The molecule has 0 amide bonds. The van der Waals surface area contributed by atoms with Crippen molar-refractivity contribution in [3.8, 4) is 11.4 Å². The van der Waals surface area contributed by atoms with Gasteiger partial charge in [-0.2, -0.15) is 0 Å². The van der Waals surface area contributed by atoms with Crippen molar-refractivity contribution in [2.45, 2.75) is 31.7 Å². The van der Waals surface area contributed by atoms with E-state index in [0.717, 1.165) is 21.7 Å². The third-order valence-corrected chi connectivity index (χ3v) is 4.32. The van der Waals surface area contributed by atoms with Gasteiger partial charge in [-0.3, -0.25) is 0 Å². The largest absolute Gasteiger partial charge is 0.307 e. The average molecular weight is 327 g/mol. The van der Waals surface area contributed by atoms with E-state index >= 15 is 0 Å². The van der Waals surface area contributed by atoms with Crippen LogP contribution in [0.5, 0.6) is 0 Å². The molecule has 0 aliphatic heterocycles. The molecule has 18 heavy (non-hydrogen) atoms. The number of benzene rings is 1. The molecule has 1 heterocycles. The Balaban J connectivity index is 2.10. The van der Waals surface area contributed by atoms with Gasteiger partial charge in [0.2, 0.25) is 0 Å². The lowest BCUT2D eigenvalue weighted by atomic mass is 10.1. The SMILES string of the molecule is Cc1ccc(-c2nnc(CCl)n2C2CC2)cc1Br. The highest BCUT2D eigenvalue weighted by molar-refractivity contribution is 9.10. The summed E-state index contributed by atoms with van der Waals surface area (Å²) in [7, 11) is 0. The van der Waals surface area contributed by atoms with Crippen LogP contribution in [0.15, 0.2) is 22.7 Å². The van der Waals surface area contributed by atoms with Gasteiger partial charge < -0.3 is 4.57 Å². The van der Waals surface area contributed by atoms with Gasteiger partial charge in [-0.25, -0.2) is 0 Å². The van der Waals surface area contributed by atoms with Crippen LogP contribution in [0.3, 0.4) is 0 Å². The van der Waals surface area contributed by atoms with Gasteiger partial charge in [-0.05, 0) is 31.4 Å². The van der Waals surface area contributed by atoms with Crippen LogP contribution in [0, 0.1) is 6.92 Å². The van der Waals surface area contributed by atoms with Crippen LogP contribution in [-0.2, 0) is 5.88 Å². The predicted octanol–water partition coefficient (Wildman–Crippen LogP) is 4.09. The van der Waals surface area contributed by atoms with Gasteiger partial charge in [0.05, 0.1) is 5.88 Å². The van der Waals surface area contributed by atoms with Crippen molar-refractivity contribution in [1.82, 2.24) is 14.8 Å². The minimum atomic E-state index is 0.413. The topological polar surface area (TPSA) is 30.7 Å². The molecule has 3 nitrogen and oxygen atoms in total. The molecule has 1 aliphatic carbocycles. The first-order chi connectivity index (χ1) is 8.70. The minimum absolute atomic E-state index is 0.413. The lowest BCUT2D eigenvalue weighted by Gasteiger charge is -2.08. The number of alkyl halides is 1. The molecule has 0 bridgehead atoms. The number of hydrogen-bond donors (Lipinski definition) is 0. The van der Waals surface area contributed by atoms with Crippen LogP contribution in [0.25, 0.3) is 11.4 Å². The van der Waals surface area contributed by atoms with Crippen LogP contribution >= 0.6 is 27.5 Å². The maximum atomic E-state index is 5.93. The standard InChI is InChI=1S/C13H13BrClN3/c1-8-2-3-9(6-11(8)14)13-17-16-12(7-15)18(13)10-4-5-10/h2-3,6,10H,4-5,7H2,1H3. The Bertz CT molecular complexity index is 590. The quantitative estimate of drug-likeness (QED) is 0.795. The molecular formula is C13H13BrClN3. The highest BCUT2D eigenvalue weighted by atomic mass is 79.9. The molecule has 1 saturated carbocycles. The summed E-state index contributed by atoms with van der Waals surface area (Å²) in [4.78, 5) is 0. The van der Waals surface area contributed by atoms with Gasteiger partial charge in [0.15, 0.2) is 5.82 Å². The normalized spacial score (nSPS) is 15.1. The van der Waals surface area contributed by atoms with Gasteiger partial charge in [-0.15, -0.1) is 21.8 Å². The summed E-state index contributed by atoms with van der Waals surface area (Å²) in [5.41, 5.74) is 2.30. The van der Waals surface area contributed by atoms with Gasteiger partial charge in [0.25, 0.3) is 0 Å². The number of rotatable bonds is 3. The average Bonchev–Trinajstić information content (AvgIpc) is 3.12. The van der Waals surface area contributed by atoms with Crippen molar-refractivity contribution in [1.29, 1.82) is 0 Å². The molecule has 5 heteroatoms. The second-order valence-corrected chi connectivity index (χ2v) is 5.76. The van der Waals surface area contributed by atoms with E-state index in [1.807, 2.05) is 0 Å². The molecule has 1 fully saturated rings. The lowest BCUT2D eigenvalue weighted by Crippen LogP contribution is -2.02. The van der Waals surface area contributed by atoms with E-state index < -0.39 is 0 Å². The van der Waals surface area contributed by atoms with Crippen molar-refractivity contribution in [3.63, 3.8) is 0 Å². The van der Waals surface area contributed by atoms with E-state index in [1.165, 1.54) is 18.4 Å². The smallest absolute Gasteiger partial charge is 0.164 e. The Labute approximate surface area is 119 Å². The fraction of sp³-hybridized carbons (Fsp3) is 0.385. The van der Waals surface area contributed by atoms with E-state index in [9.17, 15) is 0 Å². The molecule has 3 rings (SSSR count). The third kappa shape index (κ3) is 2.08. The van der Waals surface area contributed by atoms with Crippen LogP contribution in [-0.4, -0.2) is 14.8 Å². The monoisotopic (exact) mass is 325 g/mol. The summed E-state index contributed by atoms with van der Waals surface area (Å²) >= 11 is 9.49. The number of nitrogens with zero attached hydrogens (tertiary/aromatic N) is 3. The molecule has 0 N–H and O–H groups in total. The molecule has 0 saturated heterocycles. The Morgan fingerprint density at radius 1 is 1.39 bits per heavy atom. The number of aromatic nitrogens is 3. The highest BCUT2D eigenvalue weighted by Crippen LogP contribution is 2.39. The fourth-order valence-electron chi connectivity index (χ4n) is 2.06. The lowest BCUT2D eigenvalue weighted by molar-refractivity contribution is 0.712. The summed E-state index contributed by atoms with van der Waals surface area (Å²) in [6, 6.07) is 6.80. The van der Waals surface area contributed by atoms with Crippen LogP contribution in [0.4, 0.5) is 0 Å². The van der Waals surface area contributed by atoms with E-state index in [0.29, 0.717) is 11.9 Å². The molecule has 0 unspecified atom stereocenters. The number of halogens is 2. The summed E-state index contributed by atoms with van der Waals surface area (Å²) in [6.45, 7) is 2.07. The Morgan fingerprint density at radius 2 is 2.17 bits per heavy atom. The van der Waals surface area contributed by atoms with E-state index in [1.54, 1.807) is 0 Å². The molecule has 0 atom stereocenters. The van der Waals surface area contributed by atoms with Crippen LogP contribution in [0.1, 0.15) is 30.3 Å². The molecule has 2 aromatic rings. The molecular weight excluding hydrogens is 314 g/mol. The molecule has 94 valence electrons. The summed E-state index contributed by atoms with van der Waals surface area (Å²) < 4.78 is 3.28. The molecule has 1 aromatic heterocycles. The van der Waals surface area contributed by atoms with Gasteiger partial charge in [0, 0.05) is 16.1 Å². The zero-order chi connectivity index (χ0) is 12.7. The first-order valence-corrected chi connectivity index (χ1v) is 7.29. The zero-order valence-electron chi connectivity index (χ0n) is 10.0. The predicted molar refractivity (Wildman–Crippen MR) is 75.7 cm³/mol. The Kier molecular flexibility index (Phi) is 3.16. The molecule has 0 spiro atoms. The van der Waals surface area contributed by atoms with E-state index in [4.69, 9.17) is 11.6 Å². The first-order valence-electron chi connectivity index (χ1n) is 5.97.